The lowest BCUT2D eigenvalue weighted by Gasteiger charge is -2.34. The van der Waals surface area contributed by atoms with Crippen molar-refractivity contribution in [3.8, 4) is 0 Å². The fourth-order valence-corrected chi connectivity index (χ4v) is 3.93. The number of carbonyl (C=O) groups is 1. The maximum Gasteiger partial charge on any atom is 0.242 e. The van der Waals surface area contributed by atoms with Crippen LogP contribution < -0.4 is 5.73 Å². The maximum atomic E-state index is 12.8. The largest absolute Gasteiger partial charge is 0.341 e. The van der Waals surface area contributed by atoms with E-state index in [0.29, 0.717) is 12.5 Å². The standard InChI is InChI=1S/C18H26N4OS/c1-13(19)14-7-9-21(10-8-14)18(23)11-22-16-6-4-3-5-15(16)20-17(22)12-24-2/h3-6,13-14H,7-12,19H2,1-2H3. The number of nitrogens with zero attached hydrogens (tertiary/aromatic N) is 3. The van der Waals surface area contributed by atoms with Crippen molar-refractivity contribution >= 4 is 28.7 Å². The van der Waals surface area contributed by atoms with Crippen LogP contribution in [0.15, 0.2) is 24.3 Å². The van der Waals surface area contributed by atoms with Gasteiger partial charge in [0.1, 0.15) is 12.4 Å². The summed E-state index contributed by atoms with van der Waals surface area (Å²) >= 11 is 1.73. The van der Waals surface area contributed by atoms with Crippen molar-refractivity contribution in [3.63, 3.8) is 0 Å². The number of benzene rings is 1. The summed E-state index contributed by atoms with van der Waals surface area (Å²) in [4.78, 5) is 19.5. The van der Waals surface area contributed by atoms with E-state index in [1.807, 2.05) is 29.2 Å². The van der Waals surface area contributed by atoms with Crippen LogP contribution in [0.25, 0.3) is 11.0 Å². The Hall–Kier alpha value is -1.53. The molecule has 0 radical (unpaired) electrons. The minimum Gasteiger partial charge on any atom is -0.341 e. The SMILES string of the molecule is CSCc1nc2ccccc2n1CC(=O)N1CCC(C(C)N)CC1. The fourth-order valence-electron chi connectivity index (χ4n) is 3.45. The van der Waals surface area contributed by atoms with Gasteiger partial charge >= 0.3 is 0 Å². The van der Waals surface area contributed by atoms with Gasteiger partial charge in [0.2, 0.25) is 5.91 Å². The zero-order valence-corrected chi connectivity index (χ0v) is 15.3. The van der Waals surface area contributed by atoms with Gasteiger partial charge in [-0.3, -0.25) is 4.79 Å². The molecule has 6 heteroatoms. The Kier molecular flexibility index (Phi) is 5.46. The number of nitrogens with two attached hydrogens (primary N) is 1. The van der Waals surface area contributed by atoms with Gasteiger partial charge < -0.3 is 15.2 Å². The molecule has 1 aliphatic heterocycles. The van der Waals surface area contributed by atoms with Crippen LogP contribution in [0.3, 0.4) is 0 Å². The summed E-state index contributed by atoms with van der Waals surface area (Å²) in [5, 5.41) is 0. The van der Waals surface area contributed by atoms with Crippen molar-refractivity contribution in [2.24, 2.45) is 11.7 Å². The van der Waals surface area contributed by atoms with Gasteiger partial charge in [-0.25, -0.2) is 4.98 Å². The summed E-state index contributed by atoms with van der Waals surface area (Å²) in [6.07, 6.45) is 4.07. The first-order valence-corrected chi connectivity index (χ1v) is 9.96. The van der Waals surface area contributed by atoms with Crippen molar-refractivity contribution in [1.29, 1.82) is 0 Å². The number of piperidine rings is 1. The summed E-state index contributed by atoms with van der Waals surface area (Å²) in [6, 6.07) is 8.26. The van der Waals surface area contributed by atoms with E-state index < -0.39 is 0 Å². The van der Waals surface area contributed by atoms with E-state index in [1.54, 1.807) is 11.8 Å². The molecule has 2 aromatic rings. The Morgan fingerprint density at radius 1 is 1.38 bits per heavy atom. The maximum absolute atomic E-state index is 12.8. The zero-order chi connectivity index (χ0) is 17.1. The van der Waals surface area contributed by atoms with Gasteiger partial charge in [0, 0.05) is 19.1 Å². The minimum atomic E-state index is 0.184. The number of fused-ring (bicyclic) bond motifs is 1. The minimum absolute atomic E-state index is 0.184. The van der Waals surface area contributed by atoms with Crippen LogP contribution in [0.2, 0.25) is 0 Å². The van der Waals surface area contributed by atoms with Crippen molar-refractivity contribution in [3.05, 3.63) is 30.1 Å². The second-order valence-corrected chi connectivity index (χ2v) is 7.48. The van der Waals surface area contributed by atoms with E-state index in [1.165, 1.54) is 0 Å². The molecule has 2 N–H and O–H groups in total. The molecule has 5 nitrogen and oxygen atoms in total. The molecular formula is C18H26N4OS. The molecule has 1 aromatic carbocycles. The van der Waals surface area contributed by atoms with Crippen LogP contribution >= 0.6 is 11.8 Å². The average Bonchev–Trinajstić information content (AvgIpc) is 2.93. The molecule has 0 saturated carbocycles. The first-order chi connectivity index (χ1) is 11.6. The molecule has 0 bridgehead atoms. The molecule has 1 aliphatic rings. The van der Waals surface area contributed by atoms with Gasteiger partial charge in [-0.2, -0.15) is 11.8 Å². The van der Waals surface area contributed by atoms with Crippen LogP contribution in [0.5, 0.6) is 0 Å². The van der Waals surface area contributed by atoms with E-state index in [0.717, 1.165) is 48.5 Å². The molecule has 1 saturated heterocycles. The van der Waals surface area contributed by atoms with E-state index in [9.17, 15) is 4.79 Å². The first-order valence-electron chi connectivity index (χ1n) is 8.56. The Bertz CT molecular complexity index is 704. The number of imidazole rings is 1. The Labute approximate surface area is 147 Å². The lowest BCUT2D eigenvalue weighted by molar-refractivity contribution is -0.133. The molecule has 1 atom stereocenters. The van der Waals surface area contributed by atoms with E-state index >= 15 is 0 Å². The molecule has 1 aromatic heterocycles. The smallest absolute Gasteiger partial charge is 0.242 e. The van der Waals surface area contributed by atoms with Crippen molar-refractivity contribution in [2.45, 2.75) is 38.1 Å². The van der Waals surface area contributed by atoms with Crippen LogP contribution in [0, 0.1) is 5.92 Å². The molecule has 130 valence electrons. The van der Waals surface area contributed by atoms with E-state index in [-0.39, 0.29) is 11.9 Å². The van der Waals surface area contributed by atoms with Gasteiger partial charge in [0.05, 0.1) is 16.8 Å². The second-order valence-electron chi connectivity index (χ2n) is 6.61. The second kappa shape index (κ2) is 7.57. The van der Waals surface area contributed by atoms with Crippen molar-refractivity contribution in [2.75, 3.05) is 19.3 Å². The highest BCUT2D eigenvalue weighted by Gasteiger charge is 2.25. The van der Waals surface area contributed by atoms with Gasteiger partial charge in [0.25, 0.3) is 0 Å². The third kappa shape index (κ3) is 3.59. The van der Waals surface area contributed by atoms with Gasteiger partial charge in [0.15, 0.2) is 0 Å². The number of aromatic nitrogens is 2. The molecule has 1 fully saturated rings. The third-order valence-corrected chi connectivity index (χ3v) is 5.48. The highest BCUT2D eigenvalue weighted by molar-refractivity contribution is 7.97. The number of rotatable bonds is 5. The summed E-state index contributed by atoms with van der Waals surface area (Å²) in [7, 11) is 0. The predicted octanol–water partition coefficient (Wildman–Crippen LogP) is 2.49. The third-order valence-electron chi connectivity index (χ3n) is 4.94. The zero-order valence-electron chi connectivity index (χ0n) is 14.4. The lowest BCUT2D eigenvalue weighted by atomic mass is 9.91. The molecule has 1 unspecified atom stereocenters. The highest BCUT2D eigenvalue weighted by atomic mass is 32.2. The Morgan fingerprint density at radius 3 is 2.75 bits per heavy atom. The summed E-state index contributed by atoms with van der Waals surface area (Å²) in [5.41, 5.74) is 8.00. The Balaban J connectivity index is 1.75. The summed E-state index contributed by atoms with van der Waals surface area (Å²) < 4.78 is 2.08. The number of likely N-dealkylation sites (tertiary alicyclic amines) is 1. The van der Waals surface area contributed by atoms with Crippen LogP contribution in [-0.4, -0.2) is 45.7 Å². The van der Waals surface area contributed by atoms with Crippen LogP contribution in [-0.2, 0) is 17.1 Å². The van der Waals surface area contributed by atoms with E-state index in [2.05, 4.69) is 17.7 Å². The van der Waals surface area contributed by atoms with Crippen LogP contribution in [0.1, 0.15) is 25.6 Å². The first kappa shape index (κ1) is 17.3. The molecule has 24 heavy (non-hydrogen) atoms. The highest BCUT2D eigenvalue weighted by Crippen LogP contribution is 2.22. The number of para-hydroxylation sites is 2. The number of hydrogen-bond acceptors (Lipinski definition) is 4. The molecule has 0 spiro atoms. The lowest BCUT2D eigenvalue weighted by Crippen LogP contribution is -2.43. The number of hydrogen-bond donors (Lipinski definition) is 1. The van der Waals surface area contributed by atoms with Gasteiger partial charge in [-0.1, -0.05) is 12.1 Å². The van der Waals surface area contributed by atoms with Crippen molar-refractivity contribution in [1.82, 2.24) is 14.5 Å². The van der Waals surface area contributed by atoms with Crippen molar-refractivity contribution < 1.29 is 4.79 Å². The monoisotopic (exact) mass is 346 g/mol. The number of amides is 1. The summed E-state index contributed by atoms with van der Waals surface area (Å²) in [6.45, 7) is 4.07. The van der Waals surface area contributed by atoms with Gasteiger partial charge in [-0.05, 0) is 44.1 Å². The molecule has 1 amide bonds. The molecule has 0 aliphatic carbocycles. The molecular weight excluding hydrogens is 320 g/mol. The van der Waals surface area contributed by atoms with E-state index in [4.69, 9.17) is 10.7 Å². The summed E-state index contributed by atoms with van der Waals surface area (Å²) in [5.74, 6) is 2.51. The normalized spacial score (nSPS) is 17.4. The molecule has 2 heterocycles. The average molecular weight is 347 g/mol. The fraction of sp³-hybridized carbons (Fsp3) is 0.556. The van der Waals surface area contributed by atoms with Crippen LogP contribution in [0.4, 0.5) is 0 Å². The molecule has 3 rings (SSSR count). The number of carbonyl (C=O) groups excluding carboxylic acids is 1. The topological polar surface area (TPSA) is 64.2 Å². The quantitative estimate of drug-likeness (QED) is 0.903. The predicted molar refractivity (Wildman–Crippen MR) is 99.9 cm³/mol. The Morgan fingerprint density at radius 2 is 2.08 bits per heavy atom. The van der Waals surface area contributed by atoms with Gasteiger partial charge in [-0.15, -0.1) is 0 Å². The number of thioether (sulfide) groups is 1.